The Morgan fingerprint density at radius 3 is 1.96 bits per heavy atom. The van der Waals surface area contributed by atoms with E-state index in [2.05, 4.69) is 0 Å². The number of hydrogen-bond acceptors (Lipinski definition) is 4. The number of ether oxygens (including phenoxy) is 3. The molecule has 28 heavy (non-hydrogen) atoms. The van der Waals surface area contributed by atoms with Crippen molar-refractivity contribution < 1.29 is 18.4 Å². The normalized spacial score (nSPS) is 13.0. The second-order valence-corrected chi connectivity index (χ2v) is 7.76. The Hall–Kier alpha value is -2.63. The molecule has 0 N–H and O–H groups in total. The van der Waals surface area contributed by atoms with Crippen LogP contribution in [0.3, 0.4) is 0 Å². The maximum absolute atomic E-state index is 13.3. The van der Waals surface area contributed by atoms with Crippen LogP contribution in [0.5, 0.6) is 11.5 Å². The molecule has 0 spiro atoms. The molecule has 0 bridgehead atoms. The van der Waals surface area contributed by atoms with Gasteiger partial charge in [0.2, 0.25) is 0 Å². The first-order valence-electron chi connectivity index (χ1n) is 8.91. The van der Waals surface area contributed by atoms with E-state index in [1.54, 1.807) is 21.3 Å². The number of methoxy groups -OCH3 is 3. The summed E-state index contributed by atoms with van der Waals surface area (Å²) in [5.74, 6) is 1.31. The van der Waals surface area contributed by atoms with E-state index in [4.69, 9.17) is 14.2 Å². The molecule has 0 radical (unpaired) electrons. The molecule has 3 aromatic carbocycles. The minimum Gasteiger partial charge on any atom is -0.496 e. The molecular weight excluding hydrogens is 372 g/mol. The molecule has 0 heterocycles. The summed E-state index contributed by atoms with van der Waals surface area (Å²) in [5.41, 5.74) is 2.71. The molecule has 4 nitrogen and oxygen atoms in total. The first-order chi connectivity index (χ1) is 13.6. The zero-order valence-corrected chi connectivity index (χ0v) is 17.3. The fourth-order valence-corrected chi connectivity index (χ4v) is 4.42. The van der Waals surface area contributed by atoms with Crippen LogP contribution < -0.4 is 9.47 Å². The van der Waals surface area contributed by atoms with Crippen LogP contribution in [-0.2, 0) is 15.5 Å². The topological polar surface area (TPSA) is 44.8 Å². The summed E-state index contributed by atoms with van der Waals surface area (Å²) in [6.45, 7) is 2.01. The van der Waals surface area contributed by atoms with Gasteiger partial charge in [-0.1, -0.05) is 42.0 Å². The smallest absolute Gasteiger partial charge is 0.128 e. The summed E-state index contributed by atoms with van der Waals surface area (Å²) in [6.07, 6.45) is -0.489. The Bertz CT molecular complexity index is 944. The Kier molecular flexibility index (Phi) is 6.49. The largest absolute Gasteiger partial charge is 0.496 e. The van der Waals surface area contributed by atoms with Gasteiger partial charge in [-0.05, 0) is 37.3 Å². The maximum Gasteiger partial charge on any atom is 0.128 e. The lowest BCUT2D eigenvalue weighted by atomic mass is 9.99. The van der Waals surface area contributed by atoms with Crippen molar-refractivity contribution in [3.05, 3.63) is 83.4 Å². The van der Waals surface area contributed by atoms with Crippen molar-refractivity contribution in [2.45, 2.75) is 22.8 Å². The third-order valence-corrected chi connectivity index (χ3v) is 6.07. The lowest BCUT2D eigenvalue weighted by Crippen LogP contribution is -2.11. The van der Waals surface area contributed by atoms with Gasteiger partial charge in [-0.25, -0.2) is 4.21 Å². The van der Waals surface area contributed by atoms with E-state index in [0.29, 0.717) is 16.4 Å². The molecule has 0 aliphatic heterocycles. The van der Waals surface area contributed by atoms with Crippen LogP contribution >= 0.6 is 0 Å². The SMILES string of the molecule is COc1cccc(OC)c1[C@@H](OC)c1ccccc1S(=O)c1ccc(C)cc1. The third kappa shape index (κ3) is 3.96. The molecule has 3 aromatic rings. The summed E-state index contributed by atoms with van der Waals surface area (Å²) >= 11 is 0. The van der Waals surface area contributed by atoms with Crippen molar-refractivity contribution in [2.75, 3.05) is 21.3 Å². The highest BCUT2D eigenvalue weighted by molar-refractivity contribution is 7.85. The molecule has 146 valence electrons. The molecule has 0 aromatic heterocycles. The van der Waals surface area contributed by atoms with E-state index in [0.717, 1.165) is 21.6 Å². The van der Waals surface area contributed by atoms with Crippen LogP contribution in [0.25, 0.3) is 0 Å². The molecule has 0 saturated heterocycles. The van der Waals surface area contributed by atoms with Gasteiger partial charge >= 0.3 is 0 Å². The molecule has 0 saturated carbocycles. The second kappa shape index (κ2) is 9.04. The number of rotatable bonds is 7. The molecular formula is C23H24O4S. The van der Waals surface area contributed by atoms with Crippen molar-refractivity contribution >= 4 is 10.8 Å². The summed E-state index contributed by atoms with van der Waals surface area (Å²) in [4.78, 5) is 1.45. The first kappa shape index (κ1) is 20.1. The molecule has 5 heteroatoms. The maximum atomic E-state index is 13.3. The van der Waals surface area contributed by atoms with Crippen LogP contribution in [0, 0.1) is 6.92 Å². The van der Waals surface area contributed by atoms with Crippen LogP contribution in [0.1, 0.15) is 22.8 Å². The molecule has 0 aliphatic rings. The summed E-state index contributed by atoms with van der Waals surface area (Å²) < 4.78 is 30.3. The van der Waals surface area contributed by atoms with Gasteiger partial charge in [0.25, 0.3) is 0 Å². The van der Waals surface area contributed by atoms with Crippen LogP contribution in [0.15, 0.2) is 76.5 Å². The minimum absolute atomic E-state index is 0.489. The first-order valence-corrected chi connectivity index (χ1v) is 10.1. The third-order valence-electron chi connectivity index (χ3n) is 4.60. The molecule has 0 fully saturated rings. The Morgan fingerprint density at radius 1 is 0.786 bits per heavy atom. The van der Waals surface area contributed by atoms with Crippen molar-refractivity contribution in [3.63, 3.8) is 0 Å². The zero-order valence-electron chi connectivity index (χ0n) is 16.5. The number of benzene rings is 3. The summed E-state index contributed by atoms with van der Waals surface area (Å²) in [7, 11) is 3.51. The second-order valence-electron chi connectivity index (χ2n) is 6.31. The highest BCUT2D eigenvalue weighted by Gasteiger charge is 2.26. The Labute approximate surface area is 168 Å². The summed E-state index contributed by atoms with van der Waals surface area (Å²) in [5, 5.41) is 0. The highest BCUT2D eigenvalue weighted by Crippen LogP contribution is 2.41. The average molecular weight is 397 g/mol. The average Bonchev–Trinajstić information content (AvgIpc) is 2.74. The van der Waals surface area contributed by atoms with Crippen molar-refractivity contribution in [1.29, 1.82) is 0 Å². The lowest BCUT2D eigenvalue weighted by molar-refractivity contribution is 0.128. The molecule has 0 amide bonds. The van der Waals surface area contributed by atoms with Gasteiger partial charge in [-0.15, -0.1) is 0 Å². The summed E-state index contributed by atoms with van der Waals surface area (Å²) in [6, 6.07) is 20.9. The van der Waals surface area contributed by atoms with E-state index in [1.165, 1.54) is 0 Å². The van der Waals surface area contributed by atoms with Gasteiger partial charge in [-0.2, -0.15) is 0 Å². The van der Waals surface area contributed by atoms with Crippen LogP contribution in [0.4, 0.5) is 0 Å². The fourth-order valence-electron chi connectivity index (χ4n) is 3.19. The van der Waals surface area contributed by atoms with E-state index in [-0.39, 0.29) is 0 Å². The number of hydrogen-bond donors (Lipinski definition) is 0. The van der Waals surface area contributed by atoms with Gasteiger partial charge in [0.15, 0.2) is 0 Å². The Morgan fingerprint density at radius 2 is 1.39 bits per heavy atom. The van der Waals surface area contributed by atoms with E-state index < -0.39 is 16.9 Å². The Balaban J connectivity index is 2.14. The lowest BCUT2D eigenvalue weighted by Gasteiger charge is -2.23. The van der Waals surface area contributed by atoms with Gasteiger partial charge in [0.1, 0.15) is 17.6 Å². The fraction of sp³-hybridized carbons (Fsp3) is 0.217. The predicted molar refractivity (Wildman–Crippen MR) is 111 cm³/mol. The van der Waals surface area contributed by atoms with E-state index in [1.807, 2.05) is 73.7 Å². The van der Waals surface area contributed by atoms with E-state index >= 15 is 0 Å². The molecule has 3 rings (SSSR count). The quantitative estimate of drug-likeness (QED) is 0.569. The van der Waals surface area contributed by atoms with Crippen LogP contribution in [0.2, 0.25) is 0 Å². The molecule has 1 unspecified atom stereocenters. The molecule has 2 atom stereocenters. The van der Waals surface area contributed by atoms with E-state index in [9.17, 15) is 4.21 Å². The van der Waals surface area contributed by atoms with Gasteiger partial charge in [-0.3, -0.25) is 0 Å². The predicted octanol–water partition coefficient (Wildman–Crippen LogP) is 4.91. The van der Waals surface area contributed by atoms with Crippen molar-refractivity contribution in [2.24, 2.45) is 0 Å². The number of aryl methyl sites for hydroxylation is 1. The van der Waals surface area contributed by atoms with Crippen molar-refractivity contribution in [3.8, 4) is 11.5 Å². The standard InChI is InChI=1S/C23H24O4S/c1-16-12-14-17(15-13-16)28(24)21-11-6-5-8-18(21)23(27-4)22-19(25-2)9-7-10-20(22)26-3/h5-15,23H,1-4H3/t23-,28?/m0/s1. The molecule has 0 aliphatic carbocycles. The van der Waals surface area contributed by atoms with Gasteiger partial charge in [0, 0.05) is 22.5 Å². The highest BCUT2D eigenvalue weighted by atomic mass is 32.2. The van der Waals surface area contributed by atoms with Crippen LogP contribution in [-0.4, -0.2) is 25.5 Å². The zero-order chi connectivity index (χ0) is 20.1. The van der Waals surface area contributed by atoms with Gasteiger partial charge < -0.3 is 14.2 Å². The van der Waals surface area contributed by atoms with Crippen molar-refractivity contribution in [1.82, 2.24) is 0 Å². The van der Waals surface area contributed by atoms with Gasteiger partial charge in [0.05, 0.1) is 30.6 Å². The minimum atomic E-state index is -1.34. The monoisotopic (exact) mass is 396 g/mol.